The molecule has 3 rings (SSSR count). The first-order chi connectivity index (χ1) is 16.4. The van der Waals surface area contributed by atoms with Crippen molar-refractivity contribution in [3.63, 3.8) is 0 Å². The van der Waals surface area contributed by atoms with Crippen LogP contribution in [0.2, 0.25) is 14.4 Å². The van der Waals surface area contributed by atoms with Gasteiger partial charge in [-0.2, -0.15) is 0 Å². The zero-order valence-corrected chi connectivity index (χ0v) is 27.5. The molecule has 0 radical (unpaired) electrons. The van der Waals surface area contributed by atoms with Crippen LogP contribution in [0.15, 0.2) is 72.8 Å². The summed E-state index contributed by atoms with van der Waals surface area (Å²) in [4.78, 5) is 2.36. The quantitative estimate of drug-likeness (QED) is 0.152. The first-order valence-corrected chi connectivity index (χ1v) is 20.2. The van der Waals surface area contributed by atoms with Crippen molar-refractivity contribution in [2.45, 2.75) is 71.9 Å². The average Bonchev–Trinajstić information content (AvgIpc) is 2.82. The van der Waals surface area contributed by atoms with Crippen molar-refractivity contribution >= 4 is 68.7 Å². The first kappa shape index (κ1) is 28.2. The molecule has 3 aromatic rings. The Morgan fingerprint density at radius 2 is 0.735 bits per heavy atom. The van der Waals surface area contributed by atoms with E-state index in [0.717, 1.165) is 14.4 Å². The molecule has 0 amide bonds. The minimum absolute atomic E-state index is 0.571. The second kappa shape index (κ2) is 14.4. The summed E-state index contributed by atoms with van der Waals surface area (Å²) in [6, 6.07) is 28.2. The number of hydrogen-bond donors (Lipinski definition) is 0. The van der Waals surface area contributed by atoms with Gasteiger partial charge in [-0.25, -0.2) is 0 Å². The third-order valence-electron chi connectivity index (χ3n) is 5.41. The van der Waals surface area contributed by atoms with E-state index in [1.54, 1.807) is 32.6 Å². The second-order valence-electron chi connectivity index (χ2n) is 9.30. The molecular formula is C30H39PSe3. The molecule has 0 aliphatic rings. The van der Waals surface area contributed by atoms with E-state index in [4.69, 9.17) is 0 Å². The van der Waals surface area contributed by atoms with Crippen molar-refractivity contribution in [3.8, 4) is 0 Å². The molecular weight excluding hydrogens is 628 g/mol. The Balaban J connectivity index is 2.17. The Labute approximate surface area is 228 Å². The molecule has 0 unspecified atom stereocenters. The van der Waals surface area contributed by atoms with Crippen molar-refractivity contribution in [1.29, 1.82) is 0 Å². The number of rotatable bonds is 12. The van der Waals surface area contributed by atoms with Gasteiger partial charge in [-0.1, -0.05) is 0 Å². The normalized spacial score (nSPS) is 11.8. The summed E-state index contributed by atoms with van der Waals surface area (Å²) < 4.78 is 0. The van der Waals surface area contributed by atoms with Crippen molar-refractivity contribution in [1.82, 2.24) is 0 Å². The summed E-state index contributed by atoms with van der Waals surface area (Å²) in [7, 11) is -0.571. The summed E-state index contributed by atoms with van der Waals surface area (Å²) in [6.45, 7) is 14.2. The maximum atomic E-state index is 2.45. The van der Waals surface area contributed by atoms with Gasteiger partial charge in [0.1, 0.15) is 0 Å². The molecule has 0 saturated carbocycles. The minimum atomic E-state index is -0.571. The van der Waals surface area contributed by atoms with Crippen molar-refractivity contribution in [3.05, 3.63) is 89.5 Å². The molecule has 4 heteroatoms. The Morgan fingerprint density at radius 1 is 0.471 bits per heavy atom. The standard InChI is InChI=1S/C30H39PSe3/c1-22(2)32-19-25-13-7-10-16-28(25)31(29-17-11-8-14-26(29)20-33-23(3)4)30-18-12-9-15-27(30)21-34-24(5)6/h7-18,22-24H,19-21H2,1-6H3. The molecule has 34 heavy (non-hydrogen) atoms. The summed E-state index contributed by atoms with van der Waals surface area (Å²) in [5, 5.41) is 8.47. The Kier molecular flexibility index (Phi) is 12.0. The third-order valence-corrected chi connectivity index (χ3v) is 15.4. The van der Waals surface area contributed by atoms with Crippen molar-refractivity contribution < 1.29 is 0 Å². The zero-order valence-electron chi connectivity index (χ0n) is 21.5. The molecule has 0 bridgehead atoms. The maximum absolute atomic E-state index is 2.45. The average molecular weight is 667 g/mol. The van der Waals surface area contributed by atoms with Crippen LogP contribution in [0.5, 0.6) is 0 Å². The van der Waals surface area contributed by atoms with Gasteiger partial charge in [0, 0.05) is 0 Å². The van der Waals surface area contributed by atoms with Crippen LogP contribution >= 0.6 is 7.92 Å². The first-order valence-electron chi connectivity index (χ1n) is 12.3. The molecule has 0 atom stereocenters. The van der Waals surface area contributed by atoms with E-state index in [0.29, 0.717) is 44.9 Å². The molecule has 0 N–H and O–H groups in total. The fourth-order valence-corrected chi connectivity index (χ4v) is 12.1. The molecule has 0 spiro atoms. The molecule has 3 aromatic carbocycles. The fraction of sp³-hybridized carbons (Fsp3) is 0.400. The molecule has 0 aliphatic heterocycles. The van der Waals surface area contributed by atoms with E-state index in [1.165, 1.54) is 16.0 Å². The SMILES string of the molecule is CC(C)[Se]Cc1ccccc1P(c1ccccc1C[Se]C(C)C)c1ccccc1C[Se]C(C)C. The van der Waals surface area contributed by atoms with E-state index in [2.05, 4.69) is 114 Å². The van der Waals surface area contributed by atoms with E-state index < -0.39 is 7.92 Å². The Morgan fingerprint density at radius 3 is 1.00 bits per heavy atom. The summed E-state index contributed by atoms with van der Waals surface area (Å²) in [5.41, 5.74) is 4.74. The zero-order chi connectivity index (χ0) is 24.5. The van der Waals surface area contributed by atoms with Crippen LogP contribution in [-0.4, -0.2) is 44.9 Å². The Hall–Kier alpha value is -0.352. The van der Waals surface area contributed by atoms with Crippen molar-refractivity contribution in [2.75, 3.05) is 0 Å². The van der Waals surface area contributed by atoms with E-state index in [9.17, 15) is 0 Å². The Bertz CT molecular complexity index is 897. The fourth-order valence-electron chi connectivity index (χ4n) is 3.71. The van der Waals surface area contributed by atoms with Crippen LogP contribution in [0, 0.1) is 0 Å². The van der Waals surface area contributed by atoms with Crippen LogP contribution in [0.1, 0.15) is 58.2 Å². The van der Waals surface area contributed by atoms with Gasteiger partial charge in [-0.15, -0.1) is 0 Å². The molecule has 0 nitrogen and oxygen atoms in total. The monoisotopic (exact) mass is 670 g/mol. The molecule has 182 valence electrons. The van der Waals surface area contributed by atoms with Gasteiger partial charge in [0.25, 0.3) is 0 Å². The molecule has 0 aromatic heterocycles. The summed E-state index contributed by atoms with van der Waals surface area (Å²) >= 11 is 1.91. The molecule has 0 aliphatic carbocycles. The molecule has 0 saturated heterocycles. The van der Waals surface area contributed by atoms with Gasteiger partial charge in [0.05, 0.1) is 0 Å². The molecule has 0 fully saturated rings. The third kappa shape index (κ3) is 8.36. The van der Waals surface area contributed by atoms with Gasteiger partial charge >= 0.3 is 230 Å². The van der Waals surface area contributed by atoms with E-state index >= 15 is 0 Å². The van der Waals surface area contributed by atoms with E-state index in [-0.39, 0.29) is 0 Å². The van der Waals surface area contributed by atoms with Crippen LogP contribution in [0.25, 0.3) is 0 Å². The van der Waals surface area contributed by atoms with E-state index in [1.807, 2.05) is 0 Å². The predicted octanol–water partition coefficient (Wildman–Crippen LogP) is 6.54. The number of hydrogen-bond acceptors (Lipinski definition) is 0. The van der Waals surface area contributed by atoms with Crippen LogP contribution in [0.3, 0.4) is 0 Å². The van der Waals surface area contributed by atoms with Crippen LogP contribution in [-0.2, 0) is 16.0 Å². The second-order valence-corrected chi connectivity index (χ2v) is 21.3. The van der Waals surface area contributed by atoms with Gasteiger partial charge in [0.15, 0.2) is 0 Å². The predicted molar refractivity (Wildman–Crippen MR) is 159 cm³/mol. The van der Waals surface area contributed by atoms with Gasteiger partial charge in [-0.3, -0.25) is 0 Å². The summed E-state index contributed by atoms with van der Waals surface area (Å²) in [5.74, 6) is 0. The van der Waals surface area contributed by atoms with Gasteiger partial charge in [0.2, 0.25) is 0 Å². The summed E-state index contributed by atoms with van der Waals surface area (Å²) in [6.07, 6.45) is 0. The van der Waals surface area contributed by atoms with Crippen molar-refractivity contribution in [2.24, 2.45) is 0 Å². The van der Waals surface area contributed by atoms with Gasteiger partial charge in [-0.05, 0) is 0 Å². The topological polar surface area (TPSA) is 0 Å². The van der Waals surface area contributed by atoms with Crippen LogP contribution in [0.4, 0.5) is 0 Å². The van der Waals surface area contributed by atoms with Gasteiger partial charge < -0.3 is 0 Å². The molecule has 0 heterocycles. The number of benzene rings is 3. The van der Waals surface area contributed by atoms with Crippen LogP contribution < -0.4 is 15.9 Å².